The normalized spacial score (nSPS) is 14.8. The van der Waals surface area contributed by atoms with Crippen LogP contribution < -0.4 is 5.32 Å². The Labute approximate surface area is 132 Å². The van der Waals surface area contributed by atoms with Crippen molar-refractivity contribution in [3.8, 4) is 0 Å². The summed E-state index contributed by atoms with van der Waals surface area (Å²) in [6, 6.07) is 6.68. The molecule has 1 aliphatic rings. The van der Waals surface area contributed by atoms with Gasteiger partial charge in [-0.2, -0.15) is 5.10 Å². The Balaban J connectivity index is 1.71. The van der Waals surface area contributed by atoms with E-state index in [1.807, 2.05) is 22.9 Å². The van der Waals surface area contributed by atoms with Crippen molar-refractivity contribution >= 4 is 27.5 Å². The quantitative estimate of drug-likeness (QED) is 0.882. The molecule has 1 aromatic carbocycles. The predicted molar refractivity (Wildman–Crippen MR) is 85.1 cm³/mol. The van der Waals surface area contributed by atoms with Crippen LogP contribution in [0, 0.1) is 6.92 Å². The lowest BCUT2D eigenvalue weighted by molar-refractivity contribution is 0.674. The Hall–Kier alpha value is -0.840. The summed E-state index contributed by atoms with van der Waals surface area (Å²) in [7, 11) is 0. The molecule has 5 heteroatoms. The second-order valence-electron chi connectivity index (χ2n) is 5.33. The molecule has 0 spiro atoms. The van der Waals surface area contributed by atoms with E-state index < -0.39 is 0 Å². The molecule has 3 nitrogen and oxygen atoms in total. The number of halogens is 2. The largest absolute Gasteiger partial charge is 0.310 e. The first-order chi connectivity index (χ1) is 9.61. The van der Waals surface area contributed by atoms with Gasteiger partial charge >= 0.3 is 0 Å². The van der Waals surface area contributed by atoms with Crippen molar-refractivity contribution in [3.63, 3.8) is 0 Å². The molecule has 0 amide bonds. The third-order valence-electron chi connectivity index (χ3n) is 3.55. The maximum absolute atomic E-state index is 6.25. The highest BCUT2D eigenvalue weighted by atomic mass is 79.9. The predicted octanol–water partition coefficient (Wildman–Crippen LogP) is 3.91. The van der Waals surface area contributed by atoms with Gasteiger partial charge in [-0.1, -0.05) is 33.6 Å². The Morgan fingerprint density at radius 2 is 2.20 bits per heavy atom. The van der Waals surface area contributed by atoms with Crippen LogP contribution in [-0.4, -0.2) is 15.8 Å². The fourth-order valence-corrected chi connectivity index (χ4v) is 2.91. The van der Waals surface area contributed by atoms with Crippen molar-refractivity contribution in [1.29, 1.82) is 0 Å². The molecular formula is C15H17BrClN3. The first-order valence-corrected chi connectivity index (χ1v) is 7.99. The zero-order valence-corrected chi connectivity index (χ0v) is 13.7. The summed E-state index contributed by atoms with van der Waals surface area (Å²) in [4.78, 5) is 0. The molecule has 1 aromatic heterocycles. The van der Waals surface area contributed by atoms with Gasteiger partial charge in [0.15, 0.2) is 0 Å². The lowest BCUT2D eigenvalue weighted by Crippen LogP contribution is -2.15. The first kappa shape index (κ1) is 14.1. The molecule has 0 unspecified atom stereocenters. The van der Waals surface area contributed by atoms with Crippen molar-refractivity contribution < 1.29 is 0 Å². The van der Waals surface area contributed by atoms with E-state index in [0.717, 1.165) is 33.3 Å². The van der Waals surface area contributed by atoms with Crippen molar-refractivity contribution in [3.05, 3.63) is 50.7 Å². The Morgan fingerprint density at radius 3 is 2.90 bits per heavy atom. The summed E-state index contributed by atoms with van der Waals surface area (Å²) < 4.78 is 2.96. The summed E-state index contributed by atoms with van der Waals surface area (Å²) in [5.41, 5.74) is 3.44. The topological polar surface area (TPSA) is 29.9 Å². The van der Waals surface area contributed by atoms with Gasteiger partial charge in [-0.15, -0.1) is 0 Å². The number of hydrogen-bond acceptors (Lipinski definition) is 2. The van der Waals surface area contributed by atoms with Crippen LogP contribution in [0.25, 0.3) is 0 Å². The van der Waals surface area contributed by atoms with Gasteiger partial charge < -0.3 is 5.32 Å². The molecule has 2 aromatic rings. The molecule has 0 aliphatic heterocycles. The zero-order valence-electron chi connectivity index (χ0n) is 11.4. The summed E-state index contributed by atoms with van der Waals surface area (Å²) in [5.74, 6) is 0. The van der Waals surface area contributed by atoms with Crippen molar-refractivity contribution in [2.75, 3.05) is 0 Å². The average molecular weight is 355 g/mol. The molecule has 0 saturated heterocycles. The third-order valence-corrected chi connectivity index (χ3v) is 4.40. The van der Waals surface area contributed by atoms with Crippen LogP contribution >= 0.6 is 27.5 Å². The van der Waals surface area contributed by atoms with E-state index in [0.29, 0.717) is 6.54 Å². The Bertz CT molecular complexity index is 620. The smallest absolute Gasteiger partial charge is 0.0674 e. The van der Waals surface area contributed by atoms with Crippen molar-refractivity contribution in [2.45, 2.75) is 38.9 Å². The van der Waals surface area contributed by atoms with Gasteiger partial charge in [0.2, 0.25) is 0 Å². The molecule has 0 atom stereocenters. The van der Waals surface area contributed by atoms with Crippen LogP contribution in [0.15, 0.2) is 28.9 Å². The highest BCUT2D eigenvalue weighted by Gasteiger charge is 2.20. The maximum Gasteiger partial charge on any atom is 0.0674 e. The molecule has 1 fully saturated rings. The molecule has 1 N–H and O–H groups in total. The fourth-order valence-electron chi connectivity index (χ4n) is 2.18. The lowest BCUT2D eigenvalue weighted by atomic mass is 10.2. The number of aromatic nitrogens is 2. The number of rotatable bonds is 5. The van der Waals surface area contributed by atoms with Crippen LogP contribution in [0.5, 0.6) is 0 Å². The number of benzene rings is 1. The highest BCUT2D eigenvalue weighted by Crippen LogP contribution is 2.23. The van der Waals surface area contributed by atoms with Gasteiger partial charge in [-0.25, -0.2) is 0 Å². The van der Waals surface area contributed by atoms with E-state index in [1.54, 1.807) is 0 Å². The van der Waals surface area contributed by atoms with Gasteiger partial charge in [0.25, 0.3) is 0 Å². The Kier molecular flexibility index (Phi) is 4.15. The standard InChI is InChI=1S/C15H17BrClN3/c1-10-12(7-18-14-4-5-14)9-20(19-10)8-11-2-3-13(16)6-15(11)17/h2-3,6,9,14,18H,4-5,7-8H2,1H3. The van der Waals surface area contributed by atoms with E-state index in [9.17, 15) is 0 Å². The van der Waals surface area contributed by atoms with Crippen LogP contribution in [0.2, 0.25) is 5.02 Å². The van der Waals surface area contributed by atoms with Crippen LogP contribution in [-0.2, 0) is 13.1 Å². The summed E-state index contributed by atoms with van der Waals surface area (Å²) in [5, 5.41) is 8.87. The molecule has 106 valence electrons. The molecule has 1 heterocycles. The molecule has 1 saturated carbocycles. The number of hydrogen-bond donors (Lipinski definition) is 1. The first-order valence-electron chi connectivity index (χ1n) is 6.82. The van der Waals surface area contributed by atoms with E-state index in [-0.39, 0.29) is 0 Å². The SMILES string of the molecule is Cc1nn(Cc2ccc(Br)cc2Cl)cc1CNC1CC1. The lowest BCUT2D eigenvalue weighted by Gasteiger charge is -2.05. The van der Waals surface area contributed by atoms with E-state index in [1.165, 1.54) is 18.4 Å². The number of nitrogens with one attached hydrogen (secondary N) is 1. The molecule has 20 heavy (non-hydrogen) atoms. The van der Waals surface area contributed by atoms with E-state index in [2.05, 4.69) is 39.5 Å². The summed E-state index contributed by atoms with van der Waals surface area (Å²) >= 11 is 9.68. The van der Waals surface area contributed by atoms with E-state index in [4.69, 9.17) is 11.6 Å². The highest BCUT2D eigenvalue weighted by molar-refractivity contribution is 9.10. The van der Waals surface area contributed by atoms with Crippen LogP contribution in [0.4, 0.5) is 0 Å². The molecule has 1 aliphatic carbocycles. The van der Waals surface area contributed by atoms with Gasteiger partial charge in [-0.05, 0) is 37.5 Å². The summed E-state index contributed by atoms with van der Waals surface area (Å²) in [6.45, 7) is 3.67. The molecular weight excluding hydrogens is 338 g/mol. The van der Waals surface area contributed by atoms with Gasteiger partial charge in [0, 0.05) is 33.8 Å². The molecule has 3 rings (SSSR count). The molecule has 0 bridgehead atoms. The minimum Gasteiger partial charge on any atom is -0.310 e. The number of nitrogens with zero attached hydrogens (tertiary/aromatic N) is 2. The Morgan fingerprint density at radius 1 is 1.40 bits per heavy atom. The minimum absolute atomic E-state index is 0.705. The summed E-state index contributed by atoms with van der Waals surface area (Å²) in [6.07, 6.45) is 4.73. The second kappa shape index (κ2) is 5.88. The van der Waals surface area contributed by atoms with Crippen molar-refractivity contribution in [2.24, 2.45) is 0 Å². The second-order valence-corrected chi connectivity index (χ2v) is 6.65. The fraction of sp³-hybridized carbons (Fsp3) is 0.400. The van der Waals surface area contributed by atoms with Crippen molar-refractivity contribution in [1.82, 2.24) is 15.1 Å². The van der Waals surface area contributed by atoms with Crippen LogP contribution in [0.3, 0.4) is 0 Å². The van der Waals surface area contributed by atoms with Gasteiger partial charge in [0.05, 0.1) is 12.2 Å². The third kappa shape index (κ3) is 3.43. The van der Waals surface area contributed by atoms with E-state index >= 15 is 0 Å². The monoisotopic (exact) mass is 353 g/mol. The van der Waals surface area contributed by atoms with Crippen LogP contribution in [0.1, 0.15) is 29.7 Å². The van der Waals surface area contributed by atoms with Gasteiger partial charge in [-0.3, -0.25) is 4.68 Å². The average Bonchev–Trinajstić information content (AvgIpc) is 3.15. The molecule has 0 radical (unpaired) electrons. The van der Waals surface area contributed by atoms with Gasteiger partial charge in [0.1, 0.15) is 0 Å². The maximum atomic E-state index is 6.25. The number of aryl methyl sites for hydroxylation is 1. The minimum atomic E-state index is 0.705. The zero-order chi connectivity index (χ0) is 14.1.